The van der Waals surface area contributed by atoms with Gasteiger partial charge in [0.1, 0.15) is 17.7 Å². The number of unbranched alkanes of at least 4 members (excludes halogenated alkanes) is 2. The van der Waals surface area contributed by atoms with Gasteiger partial charge in [-0.15, -0.1) is 0 Å². The highest BCUT2D eigenvalue weighted by atomic mass is 32.2. The van der Waals surface area contributed by atoms with Crippen molar-refractivity contribution in [2.45, 2.75) is 50.2 Å². The number of aliphatic hydroxyl groups is 2. The van der Waals surface area contributed by atoms with Crippen LogP contribution in [-0.2, 0) is 24.3 Å². The number of nitrogens with one attached hydrogen (secondary N) is 3. The summed E-state index contributed by atoms with van der Waals surface area (Å²) in [6.07, 6.45) is -0.857. The monoisotopic (exact) mass is 529 g/mol. The van der Waals surface area contributed by atoms with Crippen molar-refractivity contribution in [1.82, 2.24) is 29.6 Å². The van der Waals surface area contributed by atoms with Crippen LogP contribution < -0.4 is 26.8 Å². The normalized spacial score (nSPS) is 22.1. The van der Waals surface area contributed by atoms with Gasteiger partial charge in [-0.3, -0.25) is 14.2 Å². The molecule has 0 aromatic carbocycles. The smallest absolute Gasteiger partial charge is 0.249 e. The Morgan fingerprint density at radius 1 is 1.14 bits per heavy atom. The Morgan fingerprint density at radius 3 is 2.56 bits per heavy atom. The molecule has 1 fully saturated rings. The molecule has 9 N–H and O–H groups in total. The highest BCUT2D eigenvalue weighted by molar-refractivity contribution is 7.88. The Kier molecular flexibility index (Phi) is 8.96. The van der Waals surface area contributed by atoms with E-state index in [9.17, 15) is 28.2 Å². The molecule has 17 heteroatoms. The summed E-state index contributed by atoms with van der Waals surface area (Å²) in [4.78, 5) is 36.0. The lowest BCUT2D eigenvalue weighted by Gasteiger charge is -2.16. The van der Waals surface area contributed by atoms with Crippen molar-refractivity contribution < 1.29 is 33.0 Å². The molecule has 3 heterocycles. The maximum Gasteiger partial charge on any atom is 0.249 e. The first-order chi connectivity index (χ1) is 17.0. The van der Waals surface area contributed by atoms with E-state index in [1.165, 1.54) is 10.9 Å². The summed E-state index contributed by atoms with van der Waals surface area (Å²) in [6.45, 7) is 0.912. The van der Waals surface area contributed by atoms with E-state index in [4.69, 9.17) is 16.2 Å². The molecular formula is C19H31N9O7S. The summed E-state index contributed by atoms with van der Waals surface area (Å²) in [5, 5.41) is 26.1. The number of aromatic nitrogens is 4. The van der Waals surface area contributed by atoms with Crippen LogP contribution in [0.1, 0.15) is 31.9 Å². The lowest BCUT2D eigenvalue weighted by molar-refractivity contribution is -0.134. The minimum absolute atomic E-state index is 0.0511. The van der Waals surface area contributed by atoms with Crippen molar-refractivity contribution >= 4 is 44.8 Å². The van der Waals surface area contributed by atoms with Crippen LogP contribution in [0.4, 0.5) is 11.8 Å². The van der Waals surface area contributed by atoms with Crippen molar-refractivity contribution in [3.05, 3.63) is 6.33 Å². The largest absolute Gasteiger partial charge is 0.387 e. The second kappa shape index (κ2) is 11.7. The number of primary amides is 1. The van der Waals surface area contributed by atoms with Crippen molar-refractivity contribution in [1.29, 1.82) is 0 Å². The third-order valence-electron chi connectivity index (χ3n) is 5.42. The van der Waals surface area contributed by atoms with Crippen LogP contribution in [0.2, 0.25) is 0 Å². The molecule has 1 aliphatic heterocycles. The van der Waals surface area contributed by atoms with E-state index in [1.54, 1.807) is 0 Å². The molecule has 1 aliphatic rings. The molecule has 2 aromatic rings. The quantitative estimate of drug-likeness (QED) is 0.130. The maximum atomic E-state index is 12.0. The summed E-state index contributed by atoms with van der Waals surface area (Å²) in [5.41, 5.74) is 11.6. The Bertz CT molecular complexity index is 1190. The minimum Gasteiger partial charge on any atom is -0.387 e. The van der Waals surface area contributed by atoms with Gasteiger partial charge in [-0.25, -0.2) is 18.1 Å². The summed E-state index contributed by atoms with van der Waals surface area (Å²) in [5.74, 6) is -0.878. The summed E-state index contributed by atoms with van der Waals surface area (Å²) in [7, 11) is -3.20. The van der Waals surface area contributed by atoms with Gasteiger partial charge in [0.25, 0.3) is 0 Å². The Hall–Kier alpha value is -3.12. The van der Waals surface area contributed by atoms with E-state index in [0.29, 0.717) is 32.2 Å². The average Bonchev–Trinajstić information content (AvgIpc) is 3.34. The standard InChI is InChI=1S/C19H31N9O7S/c1-36(33,34)25-6-4-2-3-5-10(29)22-7-8-23-19-26-15(20)11-17(27-19)28(9-24-11)18-13(31)12(30)14(35-18)16(21)32/h9,12-14,18,25,30-31H,2-8H2,1H3,(H2,21,32)(H,22,29)(H3,20,23,26,27)/t12-,13+,14-,18+/m0/s1. The topological polar surface area (TPSA) is 250 Å². The molecule has 2 amide bonds. The van der Waals surface area contributed by atoms with Crippen molar-refractivity contribution in [2.24, 2.45) is 5.73 Å². The fraction of sp³-hybridized carbons (Fsp3) is 0.632. The number of hydrogen-bond donors (Lipinski definition) is 7. The molecule has 0 saturated carbocycles. The van der Waals surface area contributed by atoms with E-state index < -0.39 is 40.5 Å². The van der Waals surface area contributed by atoms with E-state index in [1.807, 2.05) is 0 Å². The number of amides is 2. The predicted molar refractivity (Wildman–Crippen MR) is 128 cm³/mol. The number of anilines is 2. The SMILES string of the molecule is CS(=O)(=O)NCCCCCC(=O)NCCNc1nc(N)c2ncn([C@@H]3O[C@H](C(N)=O)[C@@H](O)[C@H]3O)c2n1. The van der Waals surface area contributed by atoms with Crippen LogP contribution in [0.25, 0.3) is 11.2 Å². The second-order valence-electron chi connectivity index (χ2n) is 8.34. The number of carbonyl (C=O) groups excluding carboxylic acids is 2. The third-order valence-corrected chi connectivity index (χ3v) is 6.14. The number of aliphatic hydroxyl groups excluding tert-OH is 2. The van der Waals surface area contributed by atoms with Gasteiger partial charge < -0.3 is 37.1 Å². The van der Waals surface area contributed by atoms with Gasteiger partial charge >= 0.3 is 0 Å². The van der Waals surface area contributed by atoms with E-state index in [0.717, 1.165) is 6.26 Å². The summed E-state index contributed by atoms with van der Waals surface area (Å²) in [6, 6.07) is 0. The number of carbonyl (C=O) groups is 2. The average molecular weight is 530 g/mol. The fourth-order valence-electron chi connectivity index (χ4n) is 3.64. The lowest BCUT2D eigenvalue weighted by Crippen LogP contribution is -2.39. The first-order valence-electron chi connectivity index (χ1n) is 11.2. The molecule has 4 atom stereocenters. The van der Waals surface area contributed by atoms with Gasteiger partial charge in [0.15, 0.2) is 23.8 Å². The van der Waals surface area contributed by atoms with Gasteiger partial charge in [-0.2, -0.15) is 9.97 Å². The van der Waals surface area contributed by atoms with E-state index in [2.05, 4.69) is 30.3 Å². The minimum atomic E-state index is -3.20. The zero-order chi connectivity index (χ0) is 26.5. The van der Waals surface area contributed by atoms with E-state index >= 15 is 0 Å². The lowest BCUT2D eigenvalue weighted by atomic mass is 10.1. The zero-order valence-corrected chi connectivity index (χ0v) is 20.4. The van der Waals surface area contributed by atoms with Crippen molar-refractivity contribution in [3.63, 3.8) is 0 Å². The van der Waals surface area contributed by atoms with Crippen LogP contribution in [0.3, 0.4) is 0 Å². The number of rotatable bonds is 13. The van der Waals surface area contributed by atoms with Crippen molar-refractivity contribution in [2.75, 3.05) is 36.9 Å². The molecule has 200 valence electrons. The molecule has 3 rings (SSSR count). The number of sulfonamides is 1. The molecular weight excluding hydrogens is 498 g/mol. The van der Waals surface area contributed by atoms with Crippen LogP contribution >= 0.6 is 0 Å². The maximum absolute atomic E-state index is 12.0. The van der Waals surface area contributed by atoms with Crippen LogP contribution in [0.15, 0.2) is 6.33 Å². The predicted octanol–water partition coefficient (Wildman–Crippen LogP) is -2.85. The van der Waals surface area contributed by atoms with Crippen LogP contribution in [0.5, 0.6) is 0 Å². The van der Waals surface area contributed by atoms with Crippen LogP contribution in [-0.4, -0.2) is 94.2 Å². The molecule has 2 aromatic heterocycles. The summed E-state index contributed by atoms with van der Waals surface area (Å²) < 4.78 is 31.1. The van der Waals surface area contributed by atoms with Gasteiger partial charge in [-0.05, 0) is 12.8 Å². The highest BCUT2D eigenvalue weighted by Gasteiger charge is 2.47. The summed E-state index contributed by atoms with van der Waals surface area (Å²) >= 11 is 0. The van der Waals surface area contributed by atoms with Crippen LogP contribution in [0, 0.1) is 0 Å². The molecule has 0 aliphatic carbocycles. The molecule has 0 spiro atoms. The number of hydrogen-bond acceptors (Lipinski definition) is 12. The number of nitrogens with zero attached hydrogens (tertiary/aromatic N) is 4. The molecule has 0 bridgehead atoms. The Balaban J connectivity index is 1.49. The second-order valence-corrected chi connectivity index (χ2v) is 10.2. The number of fused-ring (bicyclic) bond motifs is 1. The number of nitrogens with two attached hydrogens (primary N) is 2. The first kappa shape index (κ1) is 27.5. The van der Waals surface area contributed by atoms with Gasteiger partial charge in [0, 0.05) is 26.1 Å². The molecule has 16 nitrogen and oxygen atoms in total. The third kappa shape index (κ3) is 6.97. The molecule has 0 radical (unpaired) electrons. The molecule has 36 heavy (non-hydrogen) atoms. The molecule has 0 unspecified atom stereocenters. The molecule has 1 saturated heterocycles. The van der Waals surface area contributed by atoms with Gasteiger partial charge in [0.2, 0.25) is 27.8 Å². The van der Waals surface area contributed by atoms with E-state index in [-0.39, 0.29) is 41.9 Å². The number of nitrogen functional groups attached to an aromatic ring is 1. The number of imidazole rings is 1. The number of ether oxygens (including phenoxy) is 1. The zero-order valence-electron chi connectivity index (χ0n) is 19.6. The van der Waals surface area contributed by atoms with Gasteiger partial charge in [-0.1, -0.05) is 6.42 Å². The van der Waals surface area contributed by atoms with Gasteiger partial charge in [0.05, 0.1) is 12.6 Å². The Labute approximate surface area is 206 Å². The first-order valence-corrected chi connectivity index (χ1v) is 13.1. The highest BCUT2D eigenvalue weighted by Crippen LogP contribution is 2.32. The Morgan fingerprint density at radius 2 is 1.89 bits per heavy atom. The fourth-order valence-corrected chi connectivity index (χ4v) is 4.15. The van der Waals surface area contributed by atoms with Crippen molar-refractivity contribution in [3.8, 4) is 0 Å².